The Morgan fingerprint density at radius 2 is 1.74 bits per heavy atom. The van der Waals surface area contributed by atoms with E-state index in [0.717, 1.165) is 19.6 Å². The Hall–Kier alpha value is -1.73. The third kappa shape index (κ3) is 7.32. The maximum absolute atomic E-state index is 9.77. The third-order valence-electron chi connectivity index (χ3n) is 2.27. The van der Waals surface area contributed by atoms with E-state index in [1.807, 2.05) is 0 Å². The quantitative estimate of drug-likeness (QED) is 0.321. The van der Waals surface area contributed by atoms with Crippen molar-refractivity contribution in [3.8, 4) is 6.07 Å². The summed E-state index contributed by atoms with van der Waals surface area (Å²) in [6.07, 6.45) is -3.91. The van der Waals surface area contributed by atoms with E-state index in [1.165, 1.54) is 0 Å². The van der Waals surface area contributed by atoms with Gasteiger partial charge >= 0.3 is 11.9 Å². The zero-order valence-electron chi connectivity index (χ0n) is 10.1. The zero-order valence-corrected chi connectivity index (χ0v) is 10.1. The maximum Gasteiger partial charge on any atom is 0.335 e. The van der Waals surface area contributed by atoms with Gasteiger partial charge in [-0.05, 0) is 0 Å². The Labute approximate surface area is 109 Å². The lowest BCUT2D eigenvalue weighted by molar-refractivity contribution is -0.165. The number of piperazine rings is 1. The van der Waals surface area contributed by atoms with Crippen LogP contribution in [0.4, 0.5) is 0 Å². The molecule has 0 saturated carbocycles. The van der Waals surface area contributed by atoms with Crippen molar-refractivity contribution in [1.82, 2.24) is 10.6 Å². The van der Waals surface area contributed by atoms with E-state index in [-0.39, 0.29) is 0 Å². The number of aliphatic hydroxyl groups is 2. The van der Waals surface area contributed by atoms with Crippen LogP contribution in [0.2, 0.25) is 0 Å². The Balaban J connectivity index is 0.000000342. The predicted octanol–water partition coefficient (Wildman–Crippen LogP) is -2.66. The minimum atomic E-state index is -2.27. The summed E-state index contributed by atoms with van der Waals surface area (Å²) in [6, 6.07) is 2.51. The van der Waals surface area contributed by atoms with Gasteiger partial charge < -0.3 is 31.1 Å². The highest BCUT2D eigenvalue weighted by atomic mass is 16.4. The lowest BCUT2D eigenvalue weighted by Crippen LogP contribution is -2.47. The number of carbonyl (C=O) groups is 2. The van der Waals surface area contributed by atoms with Crippen molar-refractivity contribution in [2.24, 2.45) is 0 Å². The molecule has 9 nitrogen and oxygen atoms in total. The highest BCUT2D eigenvalue weighted by Crippen LogP contribution is 1.92. The molecule has 6 N–H and O–H groups in total. The highest BCUT2D eigenvalue weighted by Gasteiger charge is 2.29. The summed E-state index contributed by atoms with van der Waals surface area (Å²) in [5.74, 6) is -3.54. The van der Waals surface area contributed by atoms with Crippen LogP contribution in [0.5, 0.6) is 0 Å². The Kier molecular flexibility index (Phi) is 8.39. The molecule has 2 unspecified atom stereocenters. The molecule has 0 aromatic rings. The van der Waals surface area contributed by atoms with Crippen LogP contribution < -0.4 is 10.6 Å². The van der Waals surface area contributed by atoms with Crippen molar-refractivity contribution < 1.29 is 30.0 Å². The molecule has 108 valence electrons. The monoisotopic (exact) mass is 275 g/mol. The number of aliphatic hydroxyl groups excluding tert-OH is 2. The summed E-state index contributed by atoms with van der Waals surface area (Å²) >= 11 is 0. The SMILES string of the molecule is N#CC[C@H]1CNCCN1.O=C(O)C(O)C(O)C(=O)O. The number of rotatable bonds is 4. The largest absolute Gasteiger partial charge is 0.479 e. The summed E-state index contributed by atoms with van der Waals surface area (Å²) in [5, 5.41) is 47.3. The molecule has 0 aromatic carbocycles. The van der Waals surface area contributed by atoms with E-state index in [1.54, 1.807) is 0 Å². The fourth-order valence-electron chi connectivity index (χ4n) is 1.24. The molecule has 1 aliphatic heterocycles. The van der Waals surface area contributed by atoms with Gasteiger partial charge in [0.05, 0.1) is 12.5 Å². The van der Waals surface area contributed by atoms with E-state index in [9.17, 15) is 9.59 Å². The second-order valence-electron chi connectivity index (χ2n) is 3.78. The van der Waals surface area contributed by atoms with Gasteiger partial charge in [0, 0.05) is 25.7 Å². The Bertz CT molecular complexity index is 319. The first kappa shape index (κ1) is 17.3. The van der Waals surface area contributed by atoms with Gasteiger partial charge in [-0.1, -0.05) is 0 Å². The molecule has 1 rings (SSSR count). The van der Waals surface area contributed by atoms with Crippen molar-refractivity contribution >= 4 is 11.9 Å². The van der Waals surface area contributed by atoms with Crippen LogP contribution >= 0.6 is 0 Å². The third-order valence-corrected chi connectivity index (χ3v) is 2.27. The number of nitrogens with one attached hydrogen (secondary N) is 2. The summed E-state index contributed by atoms with van der Waals surface area (Å²) < 4.78 is 0. The first-order chi connectivity index (χ1) is 8.90. The Morgan fingerprint density at radius 1 is 1.21 bits per heavy atom. The van der Waals surface area contributed by atoms with E-state index < -0.39 is 24.1 Å². The molecule has 1 saturated heterocycles. The molecule has 19 heavy (non-hydrogen) atoms. The fourth-order valence-corrected chi connectivity index (χ4v) is 1.24. The zero-order chi connectivity index (χ0) is 14.8. The number of carboxylic acids is 2. The first-order valence-electron chi connectivity index (χ1n) is 5.53. The van der Waals surface area contributed by atoms with Crippen molar-refractivity contribution in [1.29, 1.82) is 5.26 Å². The summed E-state index contributed by atoms with van der Waals surface area (Å²) in [4.78, 5) is 19.5. The summed E-state index contributed by atoms with van der Waals surface area (Å²) in [5.41, 5.74) is 0. The Morgan fingerprint density at radius 3 is 2.05 bits per heavy atom. The van der Waals surface area contributed by atoms with Crippen LogP contribution in [0.1, 0.15) is 6.42 Å². The number of hydrogen-bond donors (Lipinski definition) is 6. The van der Waals surface area contributed by atoms with Gasteiger partial charge in [0.15, 0.2) is 12.2 Å². The van der Waals surface area contributed by atoms with Crippen LogP contribution in [0.25, 0.3) is 0 Å². The van der Waals surface area contributed by atoms with E-state index >= 15 is 0 Å². The molecule has 0 bridgehead atoms. The van der Waals surface area contributed by atoms with Gasteiger partial charge in [-0.25, -0.2) is 9.59 Å². The molecular formula is C10H17N3O6. The van der Waals surface area contributed by atoms with Gasteiger partial charge in [-0.2, -0.15) is 5.26 Å². The molecule has 9 heteroatoms. The minimum Gasteiger partial charge on any atom is -0.479 e. The number of aliphatic carboxylic acids is 2. The molecule has 0 amide bonds. The fraction of sp³-hybridized carbons (Fsp3) is 0.700. The molecule has 1 fully saturated rings. The van der Waals surface area contributed by atoms with Crippen molar-refractivity contribution in [3.63, 3.8) is 0 Å². The highest BCUT2D eigenvalue weighted by molar-refractivity contribution is 5.83. The average Bonchev–Trinajstić information content (AvgIpc) is 2.39. The molecule has 0 spiro atoms. The van der Waals surface area contributed by atoms with E-state index in [0.29, 0.717) is 12.5 Å². The molecule has 1 heterocycles. The average molecular weight is 275 g/mol. The minimum absolute atomic E-state index is 0.378. The number of hydrogen-bond acceptors (Lipinski definition) is 7. The summed E-state index contributed by atoms with van der Waals surface area (Å²) in [6.45, 7) is 2.96. The van der Waals surface area contributed by atoms with E-state index in [4.69, 9.17) is 25.7 Å². The second kappa shape index (κ2) is 9.23. The van der Waals surface area contributed by atoms with Crippen LogP contribution in [0, 0.1) is 11.3 Å². The molecule has 0 aliphatic carbocycles. The maximum atomic E-state index is 9.77. The molecule has 0 radical (unpaired) electrons. The summed E-state index contributed by atoms with van der Waals surface area (Å²) in [7, 11) is 0. The van der Waals surface area contributed by atoms with Gasteiger partial charge in [0.2, 0.25) is 0 Å². The van der Waals surface area contributed by atoms with Crippen LogP contribution in [-0.4, -0.2) is 70.2 Å². The van der Waals surface area contributed by atoms with Gasteiger partial charge in [0.1, 0.15) is 0 Å². The van der Waals surface area contributed by atoms with Gasteiger partial charge in [0.25, 0.3) is 0 Å². The molecule has 0 aromatic heterocycles. The first-order valence-corrected chi connectivity index (χ1v) is 5.53. The van der Waals surface area contributed by atoms with Crippen LogP contribution in [0.3, 0.4) is 0 Å². The molecular weight excluding hydrogens is 258 g/mol. The van der Waals surface area contributed by atoms with Crippen LogP contribution in [0.15, 0.2) is 0 Å². The molecule has 1 aliphatic rings. The number of carboxylic acid groups (broad SMARTS) is 2. The van der Waals surface area contributed by atoms with Crippen molar-refractivity contribution in [2.75, 3.05) is 19.6 Å². The number of nitriles is 1. The predicted molar refractivity (Wildman–Crippen MR) is 62.2 cm³/mol. The standard InChI is InChI=1S/C6H11N3.C4H6O6/c7-2-1-6-5-8-3-4-9-6;5-1(3(7)8)2(6)4(9)10/h6,8-9H,1,3-5H2;1-2,5-6H,(H,7,8)(H,9,10)/t6-;/m0./s1. The second-order valence-corrected chi connectivity index (χ2v) is 3.78. The lowest BCUT2D eigenvalue weighted by Gasteiger charge is -2.21. The number of nitrogens with zero attached hydrogens (tertiary/aromatic N) is 1. The van der Waals surface area contributed by atoms with E-state index in [2.05, 4.69) is 16.7 Å². The van der Waals surface area contributed by atoms with Crippen molar-refractivity contribution in [3.05, 3.63) is 0 Å². The topological polar surface area (TPSA) is 163 Å². The van der Waals surface area contributed by atoms with Crippen LogP contribution in [-0.2, 0) is 9.59 Å². The van der Waals surface area contributed by atoms with Gasteiger partial charge in [-0.3, -0.25) is 0 Å². The normalized spacial score (nSPS) is 21.2. The lowest BCUT2D eigenvalue weighted by atomic mass is 10.2. The van der Waals surface area contributed by atoms with Crippen molar-refractivity contribution in [2.45, 2.75) is 24.7 Å². The van der Waals surface area contributed by atoms with Gasteiger partial charge in [-0.15, -0.1) is 0 Å². The molecule has 3 atom stereocenters. The smallest absolute Gasteiger partial charge is 0.335 e.